The van der Waals surface area contributed by atoms with E-state index in [9.17, 15) is 0 Å². The average Bonchev–Trinajstić information content (AvgIpc) is 2.79. The molecule has 12 radical (unpaired) electrons. The zero-order valence-corrected chi connectivity index (χ0v) is 13.4. The van der Waals surface area contributed by atoms with Gasteiger partial charge < -0.3 is 9.64 Å². The van der Waals surface area contributed by atoms with E-state index in [1.54, 1.807) is 0 Å². The molecule has 0 aromatic carbocycles. The molecule has 1 unspecified atom stereocenters. The molecule has 0 amide bonds. The van der Waals surface area contributed by atoms with E-state index >= 15 is 0 Å². The highest BCUT2D eigenvalue weighted by Gasteiger charge is 2.52. The van der Waals surface area contributed by atoms with E-state index in [1.807, 2.05) is 0 Å². The van der Waals surface area contributed by atoms with Gasteiger partial charge in [0.25, 0.3) is 0 Å². The van der Waals surface area contributed by atoms with Crippen molar-refractivity contribution < 1.29 is 4.74 Å². The van der Waals surface area contributed by atoms with Crippen LogP contribution in [0.5, 0.6) is 0 Å². The molecule has 0 bridgehead atoms. The molecule has 1 aliphatic carbocycles. The minimum absolute atomic E-state index is 0.228. The number of fused-ring (bicyclic) bond motifs is 1. The molecule has 2 aliphatic heterocycles. The van der Waals surface area contributed by atoms with Crippen LogP contribution in [0.25, 0.3) is 0 Å². The second-order valence-electron chi connectivity index (χ2n) is 8.13. The second-order valence-corrected chi connectivity index (χ2v) is 8.13. The first-order chi connectivity index (χ1) is 9.94. The van der Waals surface area contributed by atoms with E-state index in [2.05, 4.69) is 11.8 Å². The molecule has 2 nitrogen and oxygen atoms in total. The van der Waals surface area contributed by atoms with Gasteiger partial charge in [-0.15, -0.1) is 0 Å². The number of hydrogen-bond acceptors (Lipinski definition) is 2. The third-order valence-corrected chi connectivity index (χ3v) is 5.99. The quantitative estimate of drug-likeness (QED) is 0.634. The summed E-state index contributed by atoms with van der Waals surface area (Å²) in [7, 11) is 36.7. The molecular weight excluding hydrogens is 263 g/mol. The maximum atomic E-state index is 6.53. The van der Waals surface area contributed by atoms with E-state index in [0.29, 0.717) is 24.2 Å². The lowest BCUT2D eigenvalue weighted by atomic mass is 9.43. The van der Waals surface area contributed by atoms with Crippen molar-refractivity contribution in [3.8, 4) is 0 Å². The highest BCUT2D eigenvalue weighted by atomic mass is 16.5. The van der Waals surface area contributed by atoms with Gasteiger partial charge in [-0.1, -0.05) is 18.7 Å². The summed E-state index contributed by atoms with van der Waals surface area (Å²) in [5.41, 5.74) is 0.306. The Balaban J connectivity index is 1.78. The summed E-state index contributed by atoms with van der Waals surface area (Å²) in [6.07, 6.45) is 4.42. The van der Waals surface area contributed by atoms with Crippen LogP contribution >= 0.6 is 0 Å². The van der Waals surface area contributed by atoms with Crippen molar-refractivity contribution in [3.05, 3.63) is 0 Å². The lowest BCUT2D eigenvalue weighted by Crippen LogP contribution is -2.63. The Kier molecular flexibility index (Phi) is 4.01. The van der Waals surface area contributed by atoms with Gasteiger partial charge in [0.1, 0.15) is 0 Å². The first kappa shape index (κ1) is 17.1. The van der Waals surface area contributed by atoms with Crippen molar-refractivity contribution in [1.82, 2.24) is 4.90 Å². The molecule has 2 heterocycles. The molecule has 2 saturated heterocycles. The van der Waals surface area contributed by atoms with Crippen LogP contribution in [-0.4, -0.2) is 81.2 Å². The molecule has 3 rings (SSSR count). The van der Waals surface area contributed by atoms with Gasteiger partial charge in [-0.25, -0.2) is 0 Å². The molecule has 22 heavy (non-hydrogen) atoms. The standard InChI is InChI=1S/C14H19B6NO/c1-11-4-2-3-9(11)7-21(8-11)14(19,20)10-5-12(15,16)22-13(17,18)6-10/h9-10H,2-8H2,1H3/t9?,11-/m0/s1. The third-order valence-electron chi connectivity index (χ3n) is 5.99. The van der Waals surface area contributed by atoms with Crippen LogP contribution in [0.3, 0.4) is 0 Å². The van der Waals surface area contributed by atoms with Crippen molar-refractivity contribution in [1.29, 1.82) is 0 Å². The Morgan fingerprint density at radius 3 is 2.23 bits per heavy atom. The monoisotopic (exact) mass is 283 g/mol. The molecular formula is C14H19B6NO. The van der Waals surface area contributed by atoms with E-state index < -0.39 is 16.1 Å². The van der Waals surface area contributed by atoms with Gasteiger partial charge in [0.05, 0.1) is 47.1 Å². The molecule has 8 heteroatoms. The highest BCUT2D eigenvalue weighted by Crippen LogP contribution is 2.51. The molecule has 3 aliphatic rings. The Bertz CT molecular complexity index is 441. The molecule has 0 aromatic rings. The van der Waals surface area contributed by atoms with Crippen LogP contribution in [0.1, 0.15) is 39.0 Å². The summed E-state index contributed by atoms with van der Waals surface area (Å²) in [5.74, 6) is 0.425. The van der Waals surface area contributed by atoms with Crippen LogP contribution < -0.4 is 0 Å². The maximum absolute atomic E-state index is 6.53. The Labute approximate surface area is 142 Å². The Morgan fingerprint density at radius 1 is 1.09 bits per heavy atom. The number of hydrogen-bond donors (Lipinski definition) is 0. The number of likely N-dealkylation sites (tertiary alicyclic amines) is 1. The van der Waals surface area contributed by atoms with Crippen LogP contribution in [0, 0.1) is 17.3 Å². The number of ether oxygens (including phenoxy) is 1. The predicted octanol–water partition coefficient (Wildman–Crippen LogP) is -0.493. The third kappa shape index (κ3) is 2.99. The van der Waals surface area contributed by atoms with Crippen molar-refractivity contribution in [2.24, 2.45) is 17.3 Å². The maximum Gasteiger partial charge on any atom is 0.0992 e. The molecule has 0 spiro atoms. The minimum Gasteiger partial charge on any atom is -0.407 e. The summed E-state index contributed by atoms with van der Waals surface area (Å²) in [4.78, 5) is 2.17. The van der Waals surface area contributed by atoms with Crippen molar-refractivity contribution in [2.75, 3.05) is 13.1 Å². The van der Waals surface area contributed by atoms with Gasteiger partial charge in [0, 0.05) is 13.1 Å². The van der Waals surface area contributed by atoms with Crippen molar-refractivity contribution in [3.63, 3.8) is 0 Å². The van der Waals surface area contributed by atoms with Crippen LogP contribution in [0.15, 0.2) is 0 Å². The average molecular weight is 282 g/mol. The Morgan fingerprint density at radius 2 is 1.68 bits per heavy atom. The summed E-state index contributed by atoms with van der Waals surface area (Å²) in [6.45, 7) is 4.13. The van der Waals surface area contributed by atoms with Crippen molar-refractivity contribution in [2.45, 2.75) is 55.2 Å². The van der Waals surface area contributed by atoms with Gasteiger partial charge in [-0.2, -0.15) is 0 Å². The topological polar surface area (TPSA) is 12.5 Å². The normalized spacial score (nSPS) is 38.9. The van der Waals surface area contributed by atoms with Crippen LogP contribution in [0.4, 0.5) is 0 Å². The van der Waals surface area contributed by atoms with E-state index in [4.69, 9.17) is 51.8 Å². The van der Waals surface area contributed by atoms with Crippen LogP contribution in [-0.2, 0) is 4.74 Å². The zero-order chi connectivity index (χ0) is 16.4. The van der Waals surface area contributed by atoms with Gasteiger partial charge in [0.2, 0.25) is 0 Å². The van der Waals surface area contributed by atoms with Crippen molar-refractivity contribution >= 4 is 47.1 Å². The summed E-state index contributed by atoms with van der Waals surface area (Å²) < 4.78 is 5.33. The van der Waals surface area contributed by atoms with Gasteiger partial charge in [0.15, 0.2) is 0 Å². The molecule has 3 fully saturated rings. The van der Waals surface area contributed by atoms with Gasteiger partial charge in [-0.05, 0) is 53.7 Å². The molecule has 104 valence electrons. The number of nitrogens with zero attached hydrogens (tertiary/aromatic N) is 1. The van der Waals surface area contributed by atoms with Crippen LogP contribution in [0.2, 0.25) is 0 Å². The fourth-order valence-corrected chi connectivity index (χ4v) is 4.75. The molecule has 2 atom stereocenters. The SMILES string of the molecule is [B]C1([B])CC(C([B])([B])N2CC3CCC[C@@]3(C)C2)CC([B])([B])O1. The molecule has 1 saturated carbocycles. The first-order valence-corrected chi connectivity index (χ1v) is 8.12. The highest BCUT2D eigenvalue weighted by molar-refractivity contribution is 6.44. The lowest BCUT2D eigenvalue weighted by molar-refractivity contribution is -0.0528. The van der Waals surface area contributed by atoms with E-state index in [0.717, 1.165) is 13.1 Å². The van der Waals surface area contributed by atoms with E-state index in [1.165, 1.54) is 19.3 Å². The molecule has 0 N–H and O–H groups in total. The van der Waals surface area contributed by atoms with E-state index in [-0.39, 0.29) is 5.92 Å². The Hall–Kier alpha value is 0.310. The summed E-state index contributed by atoms with van der Waals surface area (Å²) in [5, 5.41) is -3.85. The summed E-state index contributed by atoms with van der Waals surface area (Å²) >= 11 is 0. The fourth-order valence-electron chi connectivity index (χ4n) is 4.75. The smallest absolute Gasteiger partial charge is 0.0992 e. The number of rotatable bonds is 2. The minimum atomic E-state index is -1.41. The predicted molar refractivity (Wildman–Crippen MR) is 93.5 cm³/mol. The summed E-state index contributed by atoms with van der Waals surface area (Å²) in [6, 6.07) is 0. The second kappa shape index (κ2) is 5.15. The first-order valence-electron chi connectivity index (χ1n) is 8.12. The largest absolute Gasteiger partial charge is 0.407 e. The molecule has 0 aromatic heterocycles. The zero-order valence-electron chi connectivity index (χ0n) is 13.4. The van der Waals surface area contributed by atoms with Gasteiger partial charge in [-0.3, -0.25) is 0 Å². The fraction of sp³-hybridized carbons (Fsp3) is 1.00. The van der Waals surface area contributed by atoms with Gasteiger partial charge >= 0.3 is 0 Å². The lowest BCUT2D eigenvalue weighted by Gasteiger charge is -2.55.